The Labute approximate surface area is 143 Å². The summed E-state index contributed by atoms with van der Waals surface area (Å²) in [4.78, 5) is 14.6. The van der Waals surface area contributed by atoms with Crippen molar-refractivity contribution in [2.75, 3.05) is 0 Å². The highest BCUT2D eigenvalue weighted by atomic mass is 35.5. The molecular weight excluding hydrogens is 366 g/mol. The number of benzene rings is 2. The van der Waals surface area contributed by atoms with Gasteiger partial charge in [-0.15, -0.1) is 5.10 Å². The van der Waals surface area contributed by atoms with Gasteiger partial charge in [-0.2, -0.15) is 17.9 Å². The molecule has 0 aliphatic heterocycles. The number of nitrogens with one attached hydrogen (secondary N) is 1. The smallest absolute Gasteiger partial charge is 0.288 e. The Bertz CT molecular complexity index is 946. The third-order valence-electron chi connectivity index (χ3n) is 3.24. The average molecular weight is 374 g/mol. The van der Waals surface area contributed by atoms with Crippen LogP contribution in [0.4, 0.5) is 13.2 Å². The molecule has 0 spiro atoms. The molecule has 124 valence electrons. The van der Waals surface area contributed by atoms with E-state index in [0.29, 0.717) is 10.6 Å². The first kappa shape index (κ1) is 16.6. The molecule has 3 rings (SSSR count). The van der Waals surface area contributed by atoms with Crippen LogP contribution in [0.15, 0.2) is 47.3 Å². The monoisotopic (exact) mass is 373 g/mol. The number of aromatic nitrogens is 3. The van der Waals surface area contributed by atoms with Gasteiger partial charge in [-0.05, 0) is 42.5 Å². The summed E-state index contributed by atoms with van der Waals surface area (Å²) in [6, 6.07) is 9.24. The van der Waals surface area contributed by atoms with Crippen molar-refractivity contribution in [3.05, 3.63) is 68.6 Å². The van der Waals surface area contributed by atoms with E-state index in [1.165, 1.54) is 0 Å². The van der Waals surface area contributed by atoms with Crippen LogP contribution < -0.4 is 5.69 Å². The van der Waals surface area contributed by atoms with Gasteiger partial charge >= 0.3 is 11.9 Å². The minimum Gasteiger partial charge on any atom is -0.288 e. The predicted octanol–water partition coefficient (Wildman–Crippen LogP) is 4.55. The van der Waals surface area contributed by atoms with Gasteiger partial charge in [0.1, 0.15) is 0 Å². The van der Waals surface area contributed by atoms with E-state index < -0.39 is 17.4 Å². The van der Waals surface area contributed by atoms with E-state index in [1.807, 2.05) is 0 Å². The number of hydrogen-bond donors (Lipinski definition) is 1. The van der Waals surface area contributed by atoms with E-state index in [1.54, 1.807) is 24.3 Å². The number of nitrogens with zero attached hydrogens (tertiary/aromatic N) is 2. The van der Waals surface area contributed by atoms with Crippen LogP contribution in [-0.4, -0.2) is 14.8 Å². The lowest BCUT2D eigenvalue weighted by molar-refractivity contribution is -0.137. The molecule has 1 aromatic heterocycles. The SMILES string of the molecule is O=c1[nH]c(-c2ccc(Cl)cc2)nn1-c1ccc(C(F)(F)F)cc1Cl. The fraction of sp³-hybridized carbons (Fsp3) is 0.0667. The highest BCUT2D eigenvalue weighted by Gasteiger charge is 2.31. The summed E-state index contributed by atoms with van der Waals surface area (Å²) in [6.45, 7) is 0. The molecule has 4 nitrogen and oxygen atoms in total. The van der Waals surface area contributed by atoms with Crippen molar-refractivity contribution >= 4 is 23.2 Å². The van der Waals surface area contributed by atoms with Crippen LogP contribution in [0.2, 0.25) is 10.0 Å². The second-order valence-electron chi connectivity index (χ2n) is 4.86. The summed E-state index contributed by atoms with van der Waals surface area (Å²) in [5.74, 6) is 0.243. The Morgan fingerprint density at radius 3 is 2.29 bits per heavy atom. The van der Waals surface area contributed by atoms with Crippen LogP contribution in [0.3, 0.4) is 0 Å². The largest absolute Gasteiger partial charge is 0.416 e. The molecule has 0 amide bonds. The highest BCUT2D eigenvalue weighted by molar-refractivity contribution is 6.32. The third-order valence-corrected chi connectivity index (χ3v) is 3.79. The first-order valence-corrected chi connectivity index (χ1v) is 7.34. The summed E-state index contributed by atoms with van der Waals surface area (Å²) >= 11 is 11.7. The Kier molecular flexibility index (Phi) is 4.15. The van der Waals surface area contributed by atoms with Crippen LogP contribution >= 0.6 is 23.2 Å². The molecule has 0 saturated heterocycles. The molecule has 0 atom stereocenters. The van der Waals surface area contributed by atoms with Crippen molar-refractivity contribution < 1.29 is 13.2 Å². The molecule has 0 aliphatic rings. The van der Waals surface area contributed by atoms with Crippen LogP contribution in [0.1, 0.15) is 5.56 Å². The summed E-state index contributed by atoms with van der Waals surface area (Å²) in [7, 11) is 0. The van der Waals surface area contributed by atoms with Crippen LogP contribution in [0, 0.1) is 0 Å². The second kappa shape index (κ2) is 5.99. The minimum atomic E-state index is -4.52. The van der Waals surface area contributed by atoms with Gasteiger partial charge in [-0.25, -0.2) is 4.79 Å². The van der Waals surface area contributed by atoms with Crippen molar-refractivity contribution in [3.63, 3.8) is 0 Å². The average Bonchev–Trinajstić information content (AvgIpc) is 2.89. The maximum atomic E-state index is 12.7. The van der Waals surface area contributed by atoms with E-state index in [4.69, 9.17) is 23.2 Å². The van der Waals surface area contributed by atoms with E-state index >= 15 is 0 Å². The topological polar surface area (TPSA) is 50.7 Å². The number of halogens is 5. The second-order valence-corrected chi connectivity index (χ2v) is 5.71. The van der Waals surface area contributed by atoms with Crippen molar-refractivity contribution in [1.82, 2.24) is 14.8 Å². The van der Waals surface area contributed by atoms with Crippen molar-refractivity contribution in [2.24, 2.45) is 0 Å². The van der Waals surface area contributed by atoms with Gasteiger partial charge in [0.15, 0.2) is 5.82 Å². The van der Waals surface area contributed by atoms with Gasteiger partial charge in [-0.3, -0.25) is 4.98 Å². The molecule has 2 aromatic carbocycles. The van der Waals surface area contributed by atoms with Crippen LogP contribution in [-0.2, 0) is 6.18 Å². The number of rotatable bonds is 2. The van der Waals surface area contributed by atoms with Gasteiger partial charge < -0.3 is 0 Å². The zero-order valence-electron chi connectivity index (χ0n) is 11.7. The van der Waals surface area contributed by atoms with Crippen molar-refractivity contribution in [1.29, 1.82) is 0 Å². The van der Waals surface area contributed by atoms with E-state index in [9.17, 15) is 18.0 Å². The molecule has 0 saturated carbocycles. The van der Waals surface area contributed by atoms with Crippen LogP contribution in [0.25, 0.3) is 17.1 Å². The molecule has 0 radical (unpaired) electrons. The quantitative estimate of drug-likeness (QED) is 0.716. The van der Waals surface area contributed by atoms with Gasteiger partial charge in [0, 0.05) is 10.6 Å². The maximum absolute atomic E-state index is 12.7. The minimum absolute atomic E-state index is 0.0473. The molecule has 1 heterocycles. The summed E-state index contributed by atoms with van der Waals surface area (Å²) in [5, 5.41) is 4.36. The fourth-order valence-corrected chi connectivity index (χ4v) is 2.47. The molecule has 1 N–H and O–H groups in total. The van der Waals surface area contributed by atoms with Crippen molar-refractivity contribution in [2.45, 2.75) is 6.18 Å². The zero-order valence-corrected chi connectivity index (χ0v) is 13.2. The van der Waals surface area contributed by atoms with Gasteiger partial charge in [0.05, 0.1) is 16.3 Å². The molecule has 0 aliphatic carbocycles. The fourth-order valence-electron chi connectivity index (χ4n) is 2.08. The van der Waals surface area contributed by atoms with Gasteiger partial charge in [0.2, 0.25) is 0 Å². The Balaban J connectivity index is 2.05. The summed E-state index contributed by atoms with van der Waals surface area (Å²) in [6.07, 6.45) is -4.52. The Hall–Kier alpha value is -2.25. The number of alkyl halides is 3. The lowest BCUT2D eigenvalue weighted by Gasteiger charge is -2.09. The number of hydrogen-bond acceptors (Lipinski definition) is 2. The first-order valence-electron chi connectivity index (χ1n) is 6.58. The van der Waals surface area contributed by atoms with E-state index in [-0.39, 0.29) is 16.5 Å². The lowest BCUT2D eigenvalue weighted by Crippen LogP contribution is -2.16. The van der Waals surface area contributed by atoms with Gasteiger partial charge in [0.25, 0.3) is 0 Å². The molecule has 0 unspecified atom stereocenters. The third kappa shape index (κ3) is 3.18. The maximum Gasteiger partial charge on any atom is 0.416 e. The van der Waals surface area contributed by atoms with Crippen molar-refractivity contribution in [3.8, 4) is 17.1 Å². The van der Waals surface area contributed by atoms with E-state index in [0.717, 1.165) is 22.9 Å². The predicted molar refractivity (Wildman–Crippen MR) is 84.6 cm³/mol. The summed E-state index contributed by atoms with van der Waals surface area (Å²) in [5.41, 5.74) is -0.885. The molecule has 0 bridgehead atoms. The zero-order chi connectivity index (χ0) is 17.5. The lowest BCUT2D eigenvalue weighted by atomic mass is 10.2. The van der Waals surface area contributed by atoms with Gasteiger partial charge in [-0.1, -0.05) is 23.2 Å². The number of aromatic amines is 1. The molecule has 0 fully saturated rings. The number of H-pyrrole nitrogens is 1. The molecule has 24 heavy (non-hydrogen) atoms. The normalized spacial score (nSPS) is 11.7. The van der Waals surface area contributed by atoms with E-state index in [2.05, 4.69) is 10.1 Å². The Morgan fingerprint density at radius 1 is 1.04 bits per heavy atom. The standard InChI is InChI=1S/C15H8Cl2F3N3O/c16-10-4-1-8(2-5-10)13-21-14(24)23(22-13)12-6-3-9(7-11(12)17)15(18,19)20/h1-7H,(H,21,22,24). The summed E-state index contributed by atoms with van der Waals surface area (Å²) < 4.78 is 38.9. The Morgan fingerprint density at radius 2 is 1.71 bits per heavy atom. The molecule has 3 aromatic rings. The van der Waals surface area contributed by atoms with Crippen LogP contribution in [0.5, 0.6) is 0 Å². The molecule has 9 heteroatoms. The molecular formula is C15H8Cl2F3N3O. The highest BCUT2D eigenvalue weighted by Crippen LogP contribution is 2.32. The first-order chi connectivity index (χ1) is 11.3.